The number of hydrogen-bond donors (Lipinski definition) is 1. The van der Waals surface area contributed by atoms with Crippen LogP contribution >= 0.6 is 22.6 Å². The predicted molar refractivity (Wildman–Crippen MR) is 92.1 cm³/mol. The molecule has 1 aliphatic rings. The van der Waals surface area contributed by atoms with E-state index in [2.05, 4.69) is 22.6 Å². The Kier molecular flexibility index (Phi) is 4.54. The topological polar surface area (TPSA) is 54.0 Å². The van der Waals surface area contributed by atoms with Gasteiger partial charge in [-0.2, -0.15) is 0 Å². The monoisotopic (exact) mass is 407 g/mol. The minimum atomic E-state index is -0.327. The van der Waals surface area contributed by atoms with Crippen LogP contribution in [0.3, 0.4) is 0 Å². The Morgan fingerprint density at radius 1 is 1.05 bits per heavy atom. The van der Waals surface area contributed by atoms with Crippen LogP contribution in [0.15, 0.2) is 54.6 Å². The van der Waals surface area contributed by atoms with Crippen molar-refractivity contribution in [2.75, 3.05) is 4.90 Å². The summed E-state index contributed by atoms with van der Waals surface area (Å²) in [6.07, 6.45) is 0.262. The summed E-state index contributed by atoms with van der Waals surface area (Å²) in [5.41, 5.74) is 1.81. The van der Waals surface area contributed by atoms with Gasteiger partial charge in [-0.15, -0.1) is 0 Å². The van der Waals surface area contributed by atoms with Gasteiger partial charge in [0.2, 0.25) is 5.91 Å². The Morgan fingerprint density at radius 3 is 2.41 bits per heavy atom. The number of halogens is 1. The molecule has 5 heteroatoms. The number of benzene rings is 2. The highest BCUT2D eigenvalue weighted by atomic mass is 127. The summed E-state index contributed by atoms with van der Waals surface area (Å²) < 4.78 is 1.08. The lowest BCUT2D eigenvalue weighted by Gasteiger charge is -2.14. The van der Waals surface area contributed by atoms with Gasteiger partial charge in [0.05, 0.1) is 12.1 Å². The summed E-state index contributed by atoms with van der Waals surface area (Å²) in [6, 6.07) is 17.1. The van der Waals surface area contributed by atoms with Crippen LogP contribution in [0.2, 0.25) is 0 Å². The summed E-state index contributed by atoms with van der Waals surface area (Å²) in [5, 5.41) is 1.95. The molecule has 0 aliphatic carbocycles. The average Bonchev–Trinajstić information content (AvgIpc) is 2.82. The predicted octanol–water partition coefficient (Wildman–Crippen LogP) is 1.69. The molecule has 2 amide bonds. The fraction of sp³-hybridized carbons (Fsp3) is 0.176. The normalized spacial score (nSPS) is 18.0. The number of nitrogens with two attached hydrogens (primary N) is 1. The van der Waals surface area contributed by atoms with Gasteiger partial charge in [0.25, 0.3) is 5.91 Å². The fourth-order valence-electron chi connectivity index (χ4n) is 2.59. The molecule has 0 unspecified atom stereocenters. The Labute approximate surface area is 142 Å². The zero-order valence-electron chi connectivity index (χ0n) is 11.9. The van der Waals surface area contributed by atoms with Crippen molar-refractivity contribution in [3.05, 3.63) is 63.7 Å². The molecule has 2 aromatic rings. The largest absolute Gasteiger partial charge is 0.332 e. The van der Waals surface area contributed by atoms with E-state index in [0.717, 1.165) is 9.13 Å². The fourth-order valence-corrected chi connectivity index (χ4v) is 2.95. The molecule has 0 radical (unpaired) electrons. The summed E-state index contributed by atoms with van der Waals surface area (Å²) >= 11 is 2.20. The molecule has 2 aromatic carbocycles. The summed E-state index contributed by atoms with van der Waals surface area (Å²) in [6.45, 7) is 0.699. The van der Waals surface area contributed by atoms with Crippen molar-refractivity contribution in [3.63, 3.8) is 0 Å². The van der Waals surface area contributed by atoms with E-state index >= 15 is 0 Å². The highest BCUT2D eigenvalue weighted by Gasteiger charge is 2.42. The number of imide groups is 1. The van der Waals surface area contributed by atoms with E-state index in [9.17, 15) is 9.59 Å². The molecule has 0 aromatic heterocycles. The maximum absolute atomic E-state index is 12.5. The van der Waals surface area contributed by atoms with Crippen molar-refractivity contribution in [2.45, 2.75) is 19.0 Å². The Hall–Kier alpha value is -1.73. The molecule has 3 rings (SSSR count). The van der Waals surface area contributed by atoms with Gasteiger partial charge in [0.15, 0.2) is 6.04 Å². The first-order valence-corrected chi connectivity index (χ1v) is 8.22. The highest BCUT2D eigenvalue weighted by Crippen LogP contribution is 2.22. The van der Waals surface area contributed by atoms with Crippen molar-refractivity contribution in [2.24, 2.45) is 0 Å². The molecular formula is C17H16IN2O2+. The Bertz CT molecular complexity index is 686. The van der Waals surface area contributed by atoms with Crippen molar-refractivity contribution < 1.29 is 14.9 Å². The van der Waals surface area contributed by atoms with Crippen molar-refractivity contribution in [1.29, 1.82) is 0 Å². The number of amides is 2. The van der Waals surface area contributed by atoms with Gasteiger partial charge in [-0.25, -0.2) is 4.90 Å². The maximum Gasteiger partial charge on any atom is 0.292 e. The van der Waals surface area contributed by atoms with E-state index in [1.807, 2.05) is 59.9 Å². The summed E-state index contributed by atoms with van der Waals surface area (Å²) in [4.78, 5) is 26.0. The van der Waals surface area contributed by atoms with Gasteiger partial charge in [0, 0.05) is 9.13 Å². The van der Waals surface area contributed by atoms with Crippen LogP contribution in [0.5, 0.6) is 0 Å². The number of carbonyl (C=O) groups excluding carboxylic acids is 2. The van der Waals surface area contributed by atoms with E-state index < -0.39 is 0 Å². The van der Waals surface area contributed by atoms with Crippen LogP contribution in [0.1, 0.15) is 12.0 Å². The van der Waals surface area contributed by atoms with E-state index in [0.29, 0.717) is 12.2 Å². The molecule has 1 heterocycles. The molecule has 0 saturated carbocycles. The van der Waals surface area contributed by atoms with Gasteiger partial charge < -0.3 is 5.32 Å². The molecule has 1 fully saturated rings. The maximum atomic E-state index is 12.5. The molecule has 112 valence electrons. The van der Waals surface area contributed by atoms with Crippen LogP contribution in [0.4, 0.5) is 5.69 Å². The smallest absolute Gasteiger partial charge is 0.292 e. The molecular weight excluding hydrogens is 391 g/mol. The van der Waals surface area contributed by atoms with Crippen LogP contribution in [0, 0.1) is 3.57 Å². The van der Waals surface area contributed by atoms with Gasteiger partial charge in [-0.05, 0) is 46.9 Å². The number of carbonyl (C=O) groups is 2. The quantitative estimate of drug-likeness (QED) is 0.620. The first-order valence-electron chi connectivity index (χ1n) is 7.15. The van der Waals surface area contributed by atoms with E-state index in [1.54, 1.807) is 0 Å². The second kappa shape index (κ2) is 6.58. The molecule has 22 heavy (non-hydrogen) atoms. The number of rotatable bonds is 4. The highest BCUT2D eigenvalue weighted by molar-refractivity contribution is 14.1. The van der Waals surface area contributed by atoms with Crippen molar-refractivity contribution in [3.8, 4) is 0 Å². The molecule has 0 bridgehead atoms. The van der Waals surface area contributed by atoms with E-state index in [-0.39, 0.29) is 24.3 Å². The Morgan fingerprint density at radius 2 is 1.73 bits per heavy atom. The number of hydrogen-bond acceptors (Lipinski definition) is 2. The SMILES string of the molecule is O=C1C[C@H]([NH2+]Cc2ccccc2)C(=O)N1c1ccc(I)cc1. The molecule has 1 saturated heterocycles. The number of anilines is 1. The molecule has 0 spiro atoms. The summed E-state index contributed by atoms with van der Waals surface area (Å²) in [7, 11) is 0. The first-order chi connectivity index (χ1) is 10.6. The third-order valence-corrected chi connectivity index (χ3v) is 4.47. The van der Waals surface area contributed by atoms with Crippen LogP contribution in [-0.4, -0.2) is 17.9 Å². The van der Waals surface area contributed by atoms with Crippen LogP contribution in [0.25, 0.3) is 0 Å². The standard InChI is InChI=1S/C17H15IN2O2/c18-13-6-8-14(9-7-13)20-16(21)10-15(17(20)22)19-11-12-4-2-1-3-5-12/h1-9,15,19H,10-11H2/p+1/t15-/m0/s1. The van der Waals surface area contributed by atoms with Gasteiger partial charge >= 0.3 is 0 Å². The first kappa shape index (κ1) is 15.2. The van der Waals surface area contributed by atoms with Gasteiger partial charge in [-0.1, -0.05) is 30.3 Å². The van der Waals surface area contributed by atoms with Crippen molar-refractivity contribution in [1.82, 2.24) is 0 Å². The van der Waals surface area contributed by atoms with Crippen LogP contribution < -0.4 is 10.2 Å². The molecule has 2 N–H and O–H groups in total. The minimum Gasteiger partial charge on any atom is -0.332 e. The van der Waals surface area contributed by atoms with Gasteiger partial charge in [-0.3, -0.25) is 9.59 Å². The van der Waals surface area contributed by atoms with E-state index in [4.69, 9.17) is 0 Å². The number of nitrogens with zero attached hydrogens (tertiary/aromatic N) is 1. The summed E-state index contributed by atoms with van der Waals surface area (Å²) in [5.74, 6) is -0.248. The average molecular weight is 407 g/mol. The lowest BCUT2D eigenvalue weighted by Crippen LogP contribution is -2.90. The Balaban J connectivity index is 1.70. The van der Waals surface area contributed by atoms with Crippen molar-refractivity contribution >= 4 is 40.1 Å². The zero-order chi connectivity index (χ0) is 15.5. The third-order valence-electron chi connectivity index (χ3n) is 3.75. The lowest BCUT2D eigenvalue weighted by atomic mass is 10.2. The molecule has 1 atom stereocenters. The number of quaternary nitrogens is 1. The third kappa shape index (κ3) is 3.20. The second-order valence-electron chi connectivity index (χ2n) is 5.28. The molecule has 4 nitrogen and oxygen atoms in total. The molecule has 1 aliphatic heterocycles. The second-order valence-corrected chi connectivity index (χ2v) is 6.53. The zero-order valence-corrected chi connectivity index (χ0v) is 14.1. The minimum absolute atomic E-state index is 0.123. The van der Waals surface area contributed by atoms with Crippen LogP contribution in [-0.2, 0) is 16.1 Å². The van der Waals surface area contributed by atoms with E-state index in [1.165, 1.54) is 4.90 Å². The van der Waals surface area contributed by atoms with Gasteiger partial charge in [0.1, 0.15) is 6.54 Å². The lowest BCUT2D eigenvalue weighted by molar-refractivity contribution is -0.690.